The van der Waals surface area contributed by atoms with E-state index in [0.29, 0.717) is 0 Å². The number of hydrogen-bond acceptors (Lipinski definition) is 1. The summed E-state index contributed by atoms with van der Waals surface area (Å²) in [6.45, 7) is 0. The highest BCUT2D eigenvalue weighted by Gasteiger charge is 2.18. The van der Waals surface area contributed by atoms with Crippen LogP contribution in [-0.4, -0.2) is 4.57 Å². The lowest BCUT2D eigenvalue weighted by Crippen LogP contribution is -2.10. The predicted octanol–water partition coefficient (Wildman–Crippen LogP) is 15.0. The molecule has 56 heavy (non-hydrogen) atoms. The molecule has 0 spiro atoms. The summed E-state index contributed by atoms with van der Waals surface area (Å²) in [5.41, 5.74) is 11.6. The molecule has 1 aromatic heterocycles. The number of fused-ring (bicyclic) bond motifs is 8. The first kappa shape index (κ1) is 32.0. The normalized spacial score (nSPS) is 11.6. The topological polar surface area (TPSA) is 8.17 Å². The van der Waals surface area contributed by atoms with Crippen molar-refractivity contribution in [2.75, 3.05) is 4.90 Å². The van der Waals surface area contributed by atoms with E-state index in [2.05, 4.69) is 228 Å². The van der Waals surface area contributed by atoms with Crippen LogP contribution in [0.5, 0.6) is 0 Å². The Hall–Kier alpha value is -7.42. The number of nitrogens with zero attached hydrogens (tertiary/aromatic N) is 2. The molecular weight excluding hydrogens is 677 g/mol. The van der Waals surface area contributed by atoms with Gasteiger partial charge in [-0.3, -0.25) is 0 Å². The van der Waals surface area contributed by atoms with Crippen molar-refractivity contribution in [2.24, 2.45) is 0 Å². The molecule has 0 saturated heterocycles. The first-order valence-electron chi connectivity index (χ1n) is 19.3. The minimum absolute atomic E-state index is 1.10. The molecule has 0 saturated carbocycles. The molecule has 0 N–H and O–H groups in total. The second-order valence-corrected chi connectivity index (χ2v) is 14.6. The Morgan fingerprint density at radius 1 is 0.268 bits per heavy atom. The van der Waals surface area contributed by atoms with Gasteiger partial charge in [0.2, 0.25) is 0 Å². The van der Waals surface area contributed by atoms with Crippen LogP contribution in [-0.2, 0) is 0 Å². The minimum atomic E-state index is 1.10. The molecule has 0 amide bonds. The molecule has 10 aromatic carbocycles. The van der Waals surface area contributed by atoms with Gasteiger partial charge < -0.3 is 9.47 Å². The summed E-state index contributed by atoms with van der Waals surface area (Å²) in [5, 5.41) is 10.1. The molecule has 0 radical (unpaired) electrons. The zero-order valence-electron chi connectivity index (χ0n) is 30.7. The van der Waals surface area contributed by atoms with Crippen molar-refractivity contribution in [2.45, 2.75) is 0 Å². The molecule has 1 heterocycles. The summed E-state index contributed by atoms with van der Waals surface area (Å²) < 4.78 is 2.37. The fourth-order valence-corrected chi connectivity index (χ4v) is 8.67. The van der Waals surface area contributed by atoms with Crippen LogP contribution in [0.4, 0.5) is 17.1 Å². The molecular formula is C54H36N2. The molecule has 0 aliphatic carbocycles. The highest BCUT2D eigenvalue weighted by Crippen LogP contribution is 2.42. The van der Waals surface area contributed by atoms with E-state index < -0.39 is 0 Å². The molecule has 0 bridgehead atoms. The van der Waals surface area contributed by atoms with Gasteiger partial charge in [0.15, 0.2) is 0 Å². The maximum atomic E-state index is 2.39. The maximum absolute atomic E-state index is 2.39. The third kappa shape index (κ3) is 5.34. The van der Waals surface area contributed by atoms with Gasteiger partial charge in [-0.15, -0.1) is 0 Å². The third-order valence-electron chi connectivity index (χ3n) is 11.3. The number of rotatable bonds is 6. The Balaban J connectivity index is 1.04. The van der Waals surface area contributed by atoms with Crippen LogP contribution in [0.15, 0.2) is 218 Å². The largest absolute Gasteiger partial charge is 0.310 e. The summed E-state index contributed by atoms with van der Waals surface area (Å²) >= 11 is 0. The van der Waals surface area contributed by atoms with E-state index in [9.17, 15) is 0 Å². The van der Waals surface area contributed by atoms with Crippen molar-refractivity contribution in [3.63, 3.8) is 0 Å². The van der Waals surface area contributed by atoms with Crippen LogP contribution in [0, 0.1) is 0 Å². The Morgan fingerprint density at radius 2 is 0.821 bits per heavy atom. The Labute approximate surface area is 325 Å². The van der Waals surface area contributed by atoms with Crippen LogP contribution in [0.25, 0.3) is 82.1 Å². The molecule has 0 aliphatic heterocycles. The molecule has 2 heteroatoms. The molecule has 0 fully saturated rings. The first-order valence-corrected chi connectivity index (χ1v) is 19.3. The first-order chi connectivity index (χ1) is 27.8. The van der Waals surface area contributed by atoms with Crippen molar-refractivity contribution in [3.05, 3.63) is 218 Å². The van der Waals surface area contributed by atoms with Crippen LogP contribution < -0.4 is 4.90 Å². The van der Waals surface area contributed by atoms with Gasteiger partial charge in [0.1, 0.15) is 0 Å². The SMILES string of the molecule is c1ccc(-c2cccc(N(c3ccc(-c4ccc5c(ccc6c7ccccc7ccc56)c4)cc3)c3ccc4c(c3)c3ccccc3n4-c3ccccc3)c2)cc1. The molecule has 262 valence electrons. The molecule has 0 aliphatic rings. The summed E-state index contributed by atoms with van der Waals surface area (Å²) in [6.07, 6.45) is 0. The number of benzene rings is 10. The number of hydrogen-bond donors (Lipinski definition) is 0. The molecule has 2 nitrogen and oxygen atoms in total. The van der Waals surface area contributed by atoms with Crippen molar-refractivity contribution in [3.8, 4) is 27.9 Å². The number of para-hydroxylation sites is 2. The molecule has 11 rings (SSSR count). The second kappa shape index (κ2) is 13.2. The Bertz CT molecular complexity index is 3230. The lowest BCUT2D eigenvalue weighted by Gasteiger charge is -2.26. The monoisotopic (exact) mass is 712 g/mol. The summed E-state index contributed by atoms with van der Waals surface area (Å²) in [7, 11) is 0. The van der Waals surface area contributed by atoms with Gasteiger partial charge in [0.05, 0.1) is 11.0 Å². The van der Waals surface area contributed by atoms with Crippen LogP contribution in [0.1, 0.15) is 0 Å². The van der Waals surface area contributed by atoms with Gasteiger partial charge in [0, 0.05) is 33.5 Å². The number of aromatic nitrogens is 1. The average molecular weight is 713 g/mol. The summed E-state index contributed by atoms with van der Waals surface area (Å²) in [5.74, 6) is 0. The molecule has 11 aromatic rings. The summed E-state index contributed by atoms with van der Waals surface area (Å²) in [4.78, 5) is 2.39. The minimum Gasteiger partial charge on any atom is -0.310 e. The van der Waals surface area contributed by atoms with E-state index in [4.69, 9.17) is 0 Å². The van der Waals surface area contributed by atoms with Gasteiger partial charge in [-0.2, -0.15) is 0 Å². The average Bonchev–Trinajstić information content (AvgIpc) is 3.61. The zero-order chi connectivity index (χ0) is 37.0. The highest BCUT2D eigenvalue weighted by molar-refractivity contribution is 6.17. The Kier molecular flexibility index (Phi) is 7.53. The van der Waals surface area contributed by atoms with Gasteiger partial charge in [-0.25, -0.2) is 0 Å². The van der Waals surface area contributed by atoms with Gasteiger partial charge >= 0.3 is 0 Å². The van der Waals surface area contributed by atoms with E-state index in [1.807, 2.05) is 0 Å². The van der Waals surface area contributed by atoms with E-state index in [0.717, 1.165) is 22.7 Å². The quantitative estimate of drug-likeness (QED) is 0.156. The van der Waals surface area contributed by atoms with Crippen LogP contribution in [0.3, 0.4) is 0 Å². The predicted molar refractivity (Wildman–Crippen MR) is 239 cm³/mol. The van der Waals surface area contributed by atoms with E-state index >= 15 is 0 Å². The molecule has 0 unspecified atom stereocenters. The smallest absolute Gasteiger partial charge is 0.0542 e. The standard InChI is InChI=1S/C54H36N2/c1-3-12-37(13-4-1)40-15-11-18-45(35-40)55(46-29-33-54-52(36-46)51-20-9-10-21-53(51)56(54)43-16-5-2-6-17-43)44-27-22-38(23-28-44)41-25-30-48-42(34-41)26-32-49-47-19-8-7-14-39(47)24-31-50(48)49/h1-36H. The van der Waals surface area contributed by atoms with Crippen molar-refractivity contribution in [1.82, 2.24) is 4.57 Å². The van der Waals surface area contributed by atoms with Gasteiger partial charge in [-0.05, 0) is 121 Å². The van der Waals surface area contributed by atoms with Crippen molar-refractivity contribution in [1.29, 1.82) is 0 Å². The van der Waals surface area contributed by atoms with Gasteiger partial charge in [0.25, 0.3) is 0 Å². The maximum Gasteiger partial charge on any atom is 0.0542 e. The fraction of sp³-hybridized carbons (Fsp3) is 0. The van der Waals surface area contributed by atoms with E-state index in [1.54, 1.807) is 0 Å². The van der Waals surface area contributed by atoms with E-state index in [1.165, 1.54) is 76.4 Å². The van der Waals surface area contributed by atoms with Crippen LogP contribution >= 0.6 is 0 Å². The highest BCUT2D eigenvalue weighted by atomic mass is 15.1. The summed E-state index contributed by atoms with van der Waals surface area (Å²) in [6, 6.07) is 79.5. The van der Waals surface area contributed by atoms with Crippen LogP contribution in [0.2, 0.25) is 0 Å². The van der Waals surface area contributed by atoms with Gasteiger partial charge in [-0.1, -0.05) is 152 Å². The lowest BCUT2D eigenvalue weighted by molar-refractivity contribution is 1.18. The van der Waals surface area contributed by atoms with Crippen molar-refractivity contribution >= 4 is 71.2 Å². The lowest BCUT2D eigenvalue weighted by atomic mass is 9.95. The second-order valence-electron chi connectivity index (χ2n) is 14.6. The van der Waals surface area contributed by atoms with Crippen molar-refractivity contribution < 1.29 is 0 Å². The zero-order valence-corrected chi connectivity index (χ0v) is 30.7. The molecule has 0 atom stereocenters. The van der Waals surface area contributed by atoms with E-state index in [-0.39, 0.29) is 0 Å². The third-order valence-corrected chi connectivity index (χ3v) is 11.3. The fourth-order valence-electron chi connectivity index (χ4n) is 8.67. The number of anilines is 3. The Morgan fingerprint density at radius 3 is 1.64 bits per heavy atom.